The molecular weight excluding hydrogens is 340 g/mol. The predicted octanol–water partition coefficient (Wildman–Crippen LogP) is 3.77. The van der Waals surface area contributed by atoms with E-state index in [9.17, 15) is 13.2 Å². The van der Waals surface area contributed by atoms with Crippen LogP contribution in [0.2, 0.25) is 0 Å². The number of carbonyl (C=O) groups excluding carboxylic acids is 1. The molecule has 0 aromatic rings. The average molecular weight is 369 g/mol. The number of rotatable bonds is 12. The third-order valence-electron chi connectivity index (χ3n) is 3.07. The van der Waals surface area contributed by atoms with Gasteiger partial charge in [0.05, 0.1) is 6.61 Å². The first kappa shape index (κ1) is 21.9. The van der Waals surface area contributed by atoms with Crippen LogP contribution in [-0.2, 0) is 19.4 Å². The van der Waals surface area contributed by atoms with Crippen molar-refractivity contribution >= 4 is 44.0 Å². The lowest BCUT2D eigenvalue weighted by Crippen LogP contribution is -2.17. The minimum absolute atomic E-state index is 0.219. The molecule has 0 heterocycles. The van der Waals surface area contributed by atoms with E-state index in [1.54, 1.807) is 0 Å². The second-order valence-electron chi connectivity index (χ2n) is 5.42. The van der Waals surface area contributed by atoms with Gasteiger partial charge in [0.2, 0.25) is 4.38 Å². The molecule has 0 saturated heterocycles. The predicted molar refractivity (Wildman–Crippen MR) is 98.3 cm³/mol. The SMILES string of the molecule is CCCCCCC(CCC(=O)CS(C)(=O)=O)SC(=S)OCC. The molecule has 4 nitrogen and oxygen atoms in total. The first-order valence-corrected chi connectivity index (χ1v) is 11.2. The number of hydrogen-bond acceptors (Lipinski definition) is 6. The van der Waals surface area contributed by atoms with E-state index < -0.39 is 9.84 Å². The van der Waals surface area contributed by atoms with Crippen LogP contribution in [0.5, 0.6) is 0 Å². The van der Waals surface area contributed by atoms with E-state index in [4.69, 9.17) is 17.0 Å². The summed E-state index contributed by atoms with van der Waals surface area (Å²) in [5.41, 5.74) is 0. The number of thioether (sulfide) groups is 1. The normalized spacial score (nSPS) is 12.9. The molecule has 0 aromatic heterocycles. The van der Waals surface area contributed by atoms with Crippen LogP contribution in [0.3, 0.4) is 0 Å². The lowest BCUT2D eigenvalue weighted by Gasteiger charge is -2.16. The fraction of sp³-hybridized carbons (Fsp3) is 0.867. The molecule has 0 rings (SSSR count). The molecule has 0 bridgehead atoms. The monoisotopic (exact) mass is 368 g/mol. The maximum atomic E-state index is 11.7. The third kappa shape index (κ3) is 13.5. The minimum atomic E-state index is -3.23. The van der Waals surface area contributed by atoms with Crippen LogP contribution in [0.1, 0.15) is 58.8 Å². The van der Waals surface area contributed by atoms with Crippen molar-refractivity contribution in [2.75, 3.05) is 18.6 Å². The summed E-state index contributed by atoms with van der Waals surface area (Å²) < 4.78 is 28.1. The van der Waals surface area contributed by atoms with Gasteiger partial charge in [-0.05, 0) is 32.0 Å². The fourth-order valence-electron chi connectivity index (χ4n) is 2.04. The number of sulfone groups is 1. The lowest BCUT2D eigenvalue weighted by molar-refractivity contribution is -0.116. The van der Waals surface area contributed by atoms with Crippen molar-refractivity contribution in [1.82, 2.24) is 0 Å². The number of Topliss-reactive ketones (excluding diaryl/α,β-unsaturated/α-hetero) is 1. The largest absolute Gasteiger partial charge is 0.479 e. The zero-order chi connectivity index (χ0) is 17.0. The number of thiocarbonyl (C=S) groups is 1. The molecule has 0 spiro atoms. The Morgan fingerprint density at radius 2 is 1.86 bits per heavy atom. The molecule has 130 valence electrons. The summed E-state index contributed by atoms with van der Waals surface area (Å²) in [6.45, 7) is 4.60. The third-order valence-corrected chi connectivity index (χ3v) is 5.44. The zero-order valence-electron chi connectivity index (χ0n) is 13.8. The van der Waals surface area contributed by atoms with Gasteiger partial charge in [-0.1, -0.05) is 44.4 Å². The summed E-state index contributed by atoms with van der Waals surface area (Å²) in [6, 6.07) is 0. The number of hydrogen-bond donors (Lipinski definition) is 0. The lowest BCUT2D eigenvalue weighted by atomic mass is 10.1. The first-order valence-electron chi connectivity index (χ1n) is 7.81. The molecule has 0 radical (unpaired) electrons. The molecule has 1 unspecified atom stereocenters. The summed E-state index contributed by atoms with van der Waals surface area (Å²) >= 11 is 6.65. The molecule has 0 aliphatic heterocycles. The van der Waals surface area contributed by atoms with Gasteiger partial charge in [0.15, 0.2) is 9.84 Å². The Morgan fingerprint density at radius 3 is 2.41 bits per heavy atom. The van der Waals surface area contributed by atoms with Crippen molar-refractivity contribution in [1.29, 1.82) is 0 Å². The second kappa shape index (κ2) is 12.3. The van der Waals surface area contributed by atoms with Gasteiger partial charge in [-0.3, -0.25) is 4.79 Å². The van der Waals surface area contributed by atoms with Gasteiger partial charge in [-0.2, -0.15) is 0 Å². The van der Waals surface area contributed by atoms with Crippen molar-refractivity contribution in [3.63, 3.8) is 0 Å². The van der Waals surface area contributed by atoms with Crippen LogP contribution >= 0.6 is 24.0 Å². The molecule has 7 heteroatoms. The topological polar surface area (TPSA) is 60.4 Å². The van der Waals surface area contributed by atoms with E-state index in [1.165, 1.54) is 31.0 Å². The molecule has 1 atom stereocenters. The van der Waals surface area contributed by atoms with Crippen LogP contribution < -0.4 is 0 Å². The van der Waals surface area contributed by atoms with Crippen LogP contribution in [-0.4, -0.2) is 42.4 Å². The van der Waals surface area contributed by atoms with Crippen LogP contribution in [0.25, 0.3) is 0 Å². The molecule has 0 aliphatic carbocycles. The van der Waals surface area contributed by atoms with Crippen molar-refractivity contribution in [2.45, 2.75) is 64.0 Å². The Labute approximate surface area is 144 Å². The van der Waals surface area contributed by atoms with Gasteiger partial charge >= 0.3 is 0 Å². The Hall–Kier alpha value is -0.140. The number of ketones is 1. The molecule has 0 aliphatic rings. The standard InChI is InChI=1S/C15H28O4S3/c1-4-6-7-8-9-14(21-15(20)19-5-2)11-10-13(16)12-22(3,17)18/h14H,4-12H2,1-3H3. The van der Waals surface area contributed by atoms with Crippen LogP contribution in [0, 0.1) is 0 Å². The molecule has 22 heavy (non-hydrogen) atoms. The van der Waals surface area contributed by atoms with E-state index in [1.807, 2.05) is 6.92 Å². The fourth-order valence-corrected chi connectivity index (χ4v) is 4.27. The average Bonchev–Trinajstić information content (AvgIpc) is 2.39. The maximum absolute atomic E-state index is 11.7. The minimum Gasteiger partial charge on any atom is -0.479 e. The highest BCUT2D eigenvalue weighted by Crippen LogP contribution is 2.25. The van der Waals surface area contributed by atoms with Crippen molar-refractivity contribution in [3.8, 4) is 0 Å². The summed E-state index contributed by atoms with van der Waals surface area (Å²) in [4.78, 5) is 11.7. The quantitative estimate of drug-likeness (QED) is 0.386. The Balaban J connectivity index is 4.31. The molecule has 0 aromatic carbocycles. The molecule has 0 saturated carbocycles. The van der Waals surface area contributed by atoms with Gasteiger partial charge in [0.25, 0.3) is 0 Å². The second-order valence-corrected chi connectivity index (χ2v) is 9.46. The molecular formula is C15H28O4S3. The first-order chi connectivity index (χ1) is 10.3. The van der Waals surface area contributed by atoms with Gasteiger partial charge < -0.3 is 4.74 Å². The number of unbranched alkanes of at least 4 members (excludes halogenated alkanes) is 3. The van der Waals surface area contributed by atoms with Crippen LogP contribution in [0.15, 0.2) is 0 Å². The van der Waals surface area contributed by atoms with Gasteiger partial charge in [0.1, 0.15) is 11.5 Å². The molecule has 0 N–H and O–H groups in total. The van der Waals surface area contributed by atoms with Crippen molar-refractivity contribution in [3.05, 3.63) is 0 Å². The molecule has 0 fully saturated rings. The van der Waals surface area contributed by atoms with E-state index >= 15 is 0 Å². The highest BCUT2D eigenvalue weighted by atomic mass is 32.2. The summed E-state index contributed by atoms with van der Waals surface area (Å²) in [5, 5.41) is 0.222. The van der Waals surface area contributed by atoms with Crippen LogP contribution in [0.4, 0.5) is 0 Å². The van der Waals surface area contributed by atoms with E-state index in [0.29, 0.717) is 17.4 Å². The van der Waals surface area contributed by atoms with Crippen molar-refractivity contribution in [2.24, 2.45) is 0 Å². The van der Waals surface area contributed by atoms with Gasteiger partial charge in [0, 0.05) is 17.9 Å². The van der Waals surface area contributed by atoms with E-state index in [2.05, 4.69) is 6.92 Å². The summed E-state index contributed by atoms with van der Waals surface area (Å²) in [6.07, 6.45) is 7.66. The van der Waals surface area contributed by atoms with Gasteiger partial charge in [-0.15, -0.1) is 0 Å². The number of ether oxygens (including phenoxy) is 1. The Kier molecular flexibility index (Phi) is 12.2. The highest BCUT2D eigenvalue weighted by molar-refractivity contribution is 8.23. The summed E-state index contributed by atoms with van der Waals surface area (Å²) in [7, 11) is -3.23. The number of carbonyl (C=O) groups is 1. The zero-order valence-corrected chi connectivity index (χ0v) is 16.2. The Bertz CT molecular complexity index is 432. The van der Waals surface area contributed by atoms with Gasteiger partial charge in [-0.25, -0.2) is 8.42 Å². The smallest absolute Gasteiger partial charge is 0.220 e. The van der Waals surface area contributed by atoms with E-state index in [0.717, 1.165) is 19.1 Å². The highest BCUT2D eigenvalue weighted by Gasteiger charge is 2.17. The maximum Gasteiger partial charge on any atom is 0.220 e. The summed E-state index contributed by atoms with van der Waals surface area (Å²) in [5.74, 6) is -0.583. The Morgan fingerprint density at radius 1 is 1.18 bits per heavy atom. The van der Waals surface area contributed by atoms with E-state index in [-0.39, 0.29) is 23.2 Å². The molecule has 0 amide bonds. The van der Waals surface area contributed by atoms with Crippen molar-refractivity contribution < 1.29 is 17.9 Å².